The van der Waals surface area contributed by atoms with Gasteiger partial charge in [0, 0.05) is 11.8 Å². The normalized spacial score (nSPS) is 17.6. The summed E-state index contributed by atoms with van der Waals surface area (Å²) in [5, 5.41) is 4.01. The van der Waals surface area contributed by atoms with E-state index in [1.807, 2.05) is 13.1 Å². The van der Waals surface area contributed by atoms with E-state index in [0.717, 1.165) is 36.8 Å². The fourth-order valence-corrected chi connectivity index (χ4v) is 2.43. The molecule has 0 bridgehead atoms. The highest BCUT2D eigenvalue weighted by molar-refractivity contribution is 6.30. The summed E-state index contributed by atoms with van der Waals surface area (Å²) in [6.07, 6.45) is 6.64. The first kappa shape index (κ1) is 11.8. The first-order valence-electron chi connectivity index (χ1n) is 5.94. The Morgan fingerprint density at radius 3 is 2.88 bits per heavy atom. The van der Waals surface area contributed by atoms with Crippen LogP contribution in [0.2, 0.25) is 5.15 Å². The van der Waals surface area contributed by atoms with Crippen molar-refractivity contribution in [3.05, 3.63) is 22.7 Å². The number of aromatic nitrogens is 2. The minimum atomic E-state index is 0.626. The van der Waals surface area contributed by atoms with Crippen molar-refractivity contribution in [1.82, 2.24) is 15.3 Å². The number of halogens is 1. The van der Waals surface area contributed by atoms with Gasteiger partial charge in [0.25, 0.3) is 0 Å². The lowest BCUT2D eigenvalue weighted by Crippen LogP contribution is -2.27. The van der Waals surface area contributed by atoms with E-state index in [9.17, 15) is 0 Å². The van der Waals surface area contributed by atoms with Crippen molar-refractivity contribution in [2.75, 3.05) is 13.1 Å². The number of nitrogens with one attached hydrogen (secondary N) is 1. The van der Waals surface area contributed by atoms with Gasteiger partial charge >= 0.3 is 0 Å². The van der Waals surface area contributed by atoms with E-state index in [2.05, 4.69) is 15.3 Å². The lowest BCUT2D eigenvalue weighted by atomic mass is 9.92. The Hall–Kier alpha value is -0.670. The monoisotopic (exact) mass is 239 g/mol. The summed E-state index contributed by atoms with van der Waals surface area (Å²) in [5.74, 6) is 1.58. The summed E-state index contributed by atoms with van der Waals surface area (Å²) in [6.45, 7) is 4.17. The van der Waals surface area contributed by atoms with Gasteiger partial charge in [-0.25, -0.2) is 9.97 Å². The van der Waals surface area contributed by atoms with Gasteiger partial charge in [0.1, 0.15) is 11.0 Å². The topological polar surface area (TPSA) is 37.8 Å². The molecule has 0 aliphatic carbocycles. The average molecular weight is 240 g/mol. The van der Waals surface area contributed by atoms with E-state index >= 15 is 0 Å². The molecule has 0 atom stereocenters. The van der Waals surface area contributed by atoms with Gasteiger partial charge < -0.3 is 5.32 Å². The van der Waals surface area contributed by atoms with Crippen molar-refractivity contribution in [3.63, 3.8) is 0 Å². The number of piperidine rings is 1. The minimum Gasteiger partial charge on any atom is -0.317 e. The summed E-state index contributed by atoms with van der Waals surface area (Å²) in [6, 6.07) is 0. The molecule has 0 radical (unpaired) electrons. The molecule has 0 amide bonds. The molecule has 0 unspecified atom stereocenters. The lowest BCUT2D eigenvalue weighted by molar-refractivity contribution is 0.354. The standard InChI is InChI=1S/C12H18ClN3/c1-9-15-8-11(12(13)16-9)3-2-10-4-6-14-7-5-10/h8,10,14H,2-7H2,1H3. The molecule has 88 valence electrons. The Morgan fingerprint density at radius 1 is 1.44 bits per heavy atom. The predicted molar refractivity (Wildman–Crippen MR) is 65.7 cm³/mol. The Bertz CT molecular complexity index is 348. The Balaban J connectivity index is 1.88. The number of rotatable bonds is 3. The molecular formula is C12H18ClN3. The first-order valence-corrected chi connectivity index (χ1v) is 6.32. The van der Waals surface area contributed by atoms with Crippen LogP contribution in [0.5, 0.6) is 0 Å². The molecule has 1 aromatic rings. The second-order valence-electron chi connectivity index (χ2n) is 4.47. The molecule has 1 saturated heterocycles. The summed E-state index contributed by atoms with van der Waals surface area (Å²) < 4.78 is 0. The molecule has 16 heavy (non-hydrogen) atoms. The summed E-state index contributed by atoms with van der Waals surface area (Å²) in [7, 11) is 0. The average Bonchev–Trinajstić information content (AvgIpc) is 2.29. The van der Waals surface area contributed by atoms with Gasteiger partial charge in [0.2, 0.25) is 0 Å². The molecule has 4 heteroatoms. The summed E-state index contributed by atoms with van der Waals surface area (Å²) in [4.78, 5) is 8.38. The predicted octanol–water partition coefficient (Wildman–Crippen LogP) is 2.37. The number of hydrogen-bond donors (Lipinski definition) is 1. The highest BCUT2D eigenvalue weighted by atomic mass is 35.5. The van der Waals surface area contributed by atoms with E-state index < -0.39 is 0 Å². The van der Waals surface area contributed by atoms with Crippen LogP contribution in [0, 0.1) is 12.8 Å². The van der Waals surface area contributed by atoms with E-state index in [1.54, 1.807) is 0 Å². The van der Waals surface area contributed by atoms with Crippen LogP contribution < -0.4 is 5.32 Å². The molecule has 0 saturated carbocycles. The second-order valence-corrected chi connectivity index (χ2v) is 4.82. The first-order chi connectivity index (χ1) is 7.75. The maximum absolute atomic E-state index is 6.08. The van der Waals surface area contributed by atoms with Crippen LogP contribution in [0.3, 0.4) is 0 Å². The minimum absolute atomic E-state index is 0.626. The largest absolute Gasteiger partial charge is 0.317 e. The van der Waals surface area contributed by atoms with E-state index in [4.69, 9.17) is 11.6 Å². The van der Waals surface area contributed by atoms with Gasteiger partial charge in [-0.3, -0.25) is 0 Å². The van der Waals surface area contributed by atoms with Gasteiger partial charge in [-0.2, -0.15) is 0 Å². The zero-order chi connectivity index (χ0) is 11.4. The van der Waals surface area contributed by atoms with Crippen molar-refractivity contribution in [1.29, 1.82) is 0 Å². The molecule has 2 rings (SSSR count). The van der Waals surface area contributed by atoms with Crippen LogP contribution in [-0.4, -0.2) is 23.1 Å². The smallest absolute Gasteiger partial charge is 0.135 e. The quantitative estimate of drug-likeness (QED) is 0.823. The van der Waals surface area contributed by atoms with E-state index in [-0.39, 0.29) is 0 Å². The maximum atomic E-state index is 6.08. The van der Waals surface area contributed by atoms with Gasteiger partial charge in [-0.05, 0) is 51.6 Å². The third-order valence-corrected chi connectivity index (χ3v) is 3.54. The van der Waals surface area contributed by atoms with Crippen LogP contribution in [0.25, 0.3) is 0 Å². The molecule has 1 fully saturated rings. The van der Waals surface area contributed by atoms with Crippen molar-refractivity contribution in [3.8, 4) is 0 Å². The van der Waals surface area contributed by atoms with E-state index in [0.29, 0.717) is 5.15 Å². The van der Waals surface area contributed by atoms with Crippen molar-refractivity contribution in [2.24, 2.45) is 5.92 Å². The molecule has 0 spiro atoms. The van der Waals surface area contributed by atoms with Crippen molar-refractivity contribution in [2.45, 2.75) is 32.6 Å². The molecular weight excluding hydrogens is 222 g/mol. The Morgan fingerprint density at radius 2 is 2.19 bits per heavy atom. The fraction of sp³-hybridized carbons (Fsp3) is 0.667. The highest BCUT2D eigenvalue weighted by Crippen LogP contribution is 2.21. The summed E-state index contributed by atoms with van der Waals surface area (Å²) >= 11 is 6.08. The number of nitrogens with zero attached hydrogens (tertiary/aromatic N) is 2. The van der Waals surface area contributed by atoms with Gasteiger partial charge in [-0.1, -0.05) is 11.6 Å². The molecule has 1 N–H and O–H groups in total. The van der Waals surface area contributed by atoms with Crippen LogP contribution in [0.15, 0.2) is 6.20 Å². The third-order valence-electron chi connectivity index (χ3n) is 3.21. The summed E-state index contributed by atoms with van der Waals surface area (Å²) in [5.41, 5.74) is 1.09. The zero-order valence-electron chi connectivity index (χ0n) is 9.67. The second kappa shape index (κ2) is 5.60. The SMILES string of the molecule is Cc1ncc(CCC2CCNCC2)c(Cl)n1. The number of hydrogen-bond acceptors (Lipinski definition) is 3. The fourth-order valence-electron chi connectivity index (χ4n) is 2.17. The van der Waals surface area contributed by atoms with E-state index in [1.165, 1.54) is 19.3 Å². The van der Waals surface area contributed by atoms with Crippen molar-refractivity contribution < 1.29 is 0 Å². The Labute approximate surface area is 102 Å². The highest BCUT2D eigenvalue weighted by Gasteiger charge is 2.13. The molecule has 1 aromatic heterocycles. The molecule has 2 heterocycles. The lowest BCUT2D eigenvalue weighted by Gasteiger charge is -2.22. The molecule has 1 aliphatic rings. The van der Waals surface area contributed by atoms with Gasteiger partial charge in [0.05, 0.1) is 0 Å². The van der Waals surface area contributed by atoms with Gasteiger partial charge in [0.15, 0.2) is 0 Å². The Kier molecular flexibility index (Phi) is 4.13. The zero-order valence-corrected chi connectivity index (χ0v) is 10.4. The van der Waals surface area contributed by atoms with Crippen LogP contribution in [-0.2, 0) is 6.42 Å². The molecule has 0 aromatic carbocycles. The van der Waals surface area contributed by atoms with Crippen LogP contribution in [0.1, 0.15) is 30.7 Å². The van der Waals surface area contributed by atoms with Gasteiger partial charge in [-0.15, -0.1) is 0 Å². The third kappa shape index (κ3) is 3.16. The van der Waals surface area contributed by atoms with Crippen LogP contribution >= 0.6 is 11.6 Å². The number of aryl methyl sites for hydroxylation is 2. The molecule has 3 nitrogen and oxygen atoms in total. The van der Waals surface area contributed by atoms with Crippen molar-refractivity contribution >= 4 is 11.6 Å². The maximum Gasteiger partial charge on any atom is 0.135 e. The van der Waals surface area contributed by atoms with Crippen LogP contribution in [0.4, 0.5) is 0 Å². The molecule has 1 aliphatic heterocycles.